The molecule has 0 bridgehead atoms. The number of rotatable bonds is 4. The van der Waals surface area contributed by atoms with E-state index >= 15 is 0 Å². The molecule has 0 aromatic carbocycles. The third kappa shape index (κ3) is 3.55. The Balaban J connectivity index is 1.42. The lowest BCUT2D eigenvalue weighted by Gasteiger charge is -2.35. The second-order valence-electron chi connectivity index (χ2n) is 7.17. The van der Waals surface area contributed by atoms with Crippen LogP contribution in [0.1, 0.15) is 34.2 Å². The van der Waals surface area contributed by atoms with E-state index in [-0.39, 0.29) is 5.78 Å². The molecule has 0 unspecified atom stereocenters. The SMILES string of the molecule is CC(=O)c1ccc(N2CCN(Cc3cnn4c(C)cc(C)nc34)CC2)nc1. The molecule has 0 saturated carbocycles. The van der Waals surface area contributed by atoms with Gasteiger partial charge in [-0.15, -0.1) is 0 Å². The maximum absolute atomic E-state index is 11.4. The number of aromatic nitrogens is 4. The van der Waals surface area contributed by atoms with Crippen LogP contribution < -0.4 is 4.90 Å². The summed E-state index contributed by atoms with van der Waals surface area (Å²) in [6.45, 7) is 10.2. The number of anilines is 1. The second-order valence-corrected chi connectivity index (χ2v) is 7.17. The van der Waals surface area contributed by atoms with Gasteiger partial charge in [0.15, 0.2) is 11.4 Å². The maximum atomic E-state index is 11.4. The minimum absolute atomic E-state index is 0.0476. The Morgan fingerprint density at radius 3 is 2.56 bits per heavy atom. The van der Waals surface area contributed by atoms with Crippen LogP contribution in [0.2, 0.25) is 0 Å². The Hall–Kier alpha value is -2.80. The molecule has 0 atom stereocenters. The summed E-state index contributed by atoms with van der Waals surface area (Å²) in [6, 6.07) is 5.84. The van der Waals surface area contributed by atoms with Crippen LogP contribution in [-0.2, 0) is 6.54 Å². The average Bonchev–Trinajstić information content (AvgIpc) is 3.05. The predicted molar refractivity (Wildman–Crippen MR) is 104 cm³/mol. The lowest BCUT2D eigenvalue weighted by molar-refractivity contribution is 0.101. The zero-order valence-electron chi connectivity index (χ0n) is 16.0. The number of hydrogen-bond donors (Lipinski definition) is 0. The first kappa shape index (κ1) is 17.6. The molecular weight excluding hydrogens is 340 g/mol. The van der Waals surface area contributed by atoms with Crippen molar-refractivity contribution >= 4 is 17.2 Å². The van der Waals surface area contributed by atoms with Crippen LogP contribution in [-0.4, -0.2) is 56.4 Å². The molecule has 4 rings (SSSR count). The number of fused-ring (bicyclic) bond motifs is 1. The van der Waals surface area contributed by atoms with Crippen molar-refractivity contribution in [3.8, 4) is 0 Å². The number of ketones is 1. The summed E-state index contributed by atoms with van der Waals surface area (Å²) in [7, 11) is 0. The van der Waals surface area contributed by atoms with E-state index in [4.69, 9.17) is 0 Å². The number of hydrogen-bond acceptors (Lipinski definition) is 6. The summed E-state index contributed by atoms with van der Waals surface area (Å²) in [4.78, 5) is 25.2. The van der Waals surface area contributed by atoms with Crippen LogP contribution >= 0.6 is 0 Å². The van der Waals surface area contributed by atoms with Gasteiger partial charge in [-0.3, -0.25) is 9.69 Å². The molecule has 0 radical (unpaired) electrons. The lowest BCUT2D eigenvalue weighted by atomic mass is 10.2. The lowest BCUT2D eigenvalue weighted by Crippen LogP contribution is -2.46. The van der Waals surface area contributed by atoms with Crippen LogP contribution in [0.5, 0.6) is 0 Å². The molecular formula is C20H24N6O. The fourth-order valence-corrected chi connectivity index (χ4v) is 3.58. The summed E-state index contributed by atoms with van der Waals surface area (Å²) in [5.41, 5.74) is 4.90. The molecule has 1 fully saturated rings. The van der Waals surface area contributed by atoms with Crippen molar-refractivity contribution in [2.75, 3.05) is 31.1 Å². The number of carbonyl (C=O) groups excluding carboxylic acids is 1. The summed E-state index contributed by atoms with van der Waals surface area (Å²) in [6.07, 6.45) is 3.60. The first-order valence-corrected chi connectivity index (χ1v) is 9.26. The van der Waals surface area contributed by atoms with E-state index in [1.807, 2.05) is 35.8 Å². The van der Waals surface area contributed by atoms with E-state index < -0.39 is 0 Å². The van der Waals surface area contributed by atoms with Gasteiger partial charge in [-0.05, 0) is 39.0 Å². The van der Waals surface area contributed by atoms with Gasteiger partial charge >= 0.3 is 0 Å². The van der Waals surface area contributed by atoms with E-state index in [0.717, 1.165) is 55.6 Å². The van der Waals surface area contributed by atoms with Gasteiger partial charge in [-0.25, -0.2) is 14.5 Å². The topological polar surface area (TPSA) is 66.6 Å². The van der Waals surface area contributed by atoms with E-state index in [1.54, 1.807) is 13.1 Å². The molecule has 0 spiro atoms. The fraction of sp³-hybridized carbons (Fsp3) is 0.400. The van der Waals surface area contributed by atoms with Gasteiger partial charge in [0.2, 0.25) is 0 Å². The van der Waals surface area contributed by atoms with Crippen molar-refractivity contribution in [3.63, 3.8) is 0 Å². The minimum atomic E-state index is 0.0476. The molecule has 4 heterocycles. The number of carbonyl (C=O) groups is 1. The van der Waals surface area contributed by atoms with Gasteiger partial charge in [0.1, 0.15) is 5.82 Å². The molecule has 1 aliphatic rings. The van der Waals surface area contributed by atoms with E-state index in [1.165, 1.54) is 5.56 Å². The summed E-state index contributed by atoms with van der Waals surface area (Å²) in [5.74, 6) is 0.981. The summed E-state index contributed by atoms with van der Waals surface area (Å²) < 4.78 is 1.92. The normalized spacial score (nSPS) is 15.4. The maximum Gasteiger partial charge on any atom is 0.161 e. The Bertz CT molecular complexity index is 970. The highest BCUT2D eigenvalue weighted by atomic mass is 16.1. The number of aryl methyl sites for hydroxylation is 2. The molecule has 27 heavy (non-hydrogen) atoms. The highest BCUT2D eigenvalue weighted by Gasteiger charge is 2.20. The van der Waals surface area contributed by atoms with Gasteiger partial charge in [0.05, 0.1) is 6.20 Å². The Labute approximate surface area is 158 Å². The average molecular weight is 364 g/mol. The molecule has 140 valence electrons. The summed E-state index contributed by atoms with van der Waals surface area (Å²) in [5, 5.41) is 4.49. The molecule has 0 amide bonds. The first-order valence-electron chi connectivity index (χ1n) is 9.26. The predicted octanol–water partition coefficient (Wildman–Crippen LogP) is 2.27. The number of Topliss-reactive ketones (excluding diaryl/α,β-unsaturated/α-hetero) is 1. The van der Waals surface area contributed by atoms with Gasteiger partial charge in [0.25, 0.3) is 0 Å². The van der Waals surface area contributed by atoms with Crippen molar-refractivity contribution < 1.29 is 4.79 Å². The Morgan fingerprint density at radius 1 is 1.11 bits per heavy atom. The van der Waals surface area contributed by atoms with Crippen molar-refractivity contribution in [2.24, 2.45) is 0 Å². The second kappa shape index (κ2) is 7.08. The van der Waals surface area contributed by atoms with E-state index in [9.17, 15) is 4.79 Å². The summed E-state index contributed by atoms with van der Waals surface area (Å²) >= 11 is 0. The Kier molecular flexibility index (Phi) is 4.61. The largest absolute Gasteiger partial charge is 0.354 e. The van der Waals surface area contributed by atoms with Crippen LogP contribution in [0.25, 0.3) is 5.65 Å². The molecule has 7 heteroatoms. The quantitative estimate of drug-likeness (QED) is 0.662. The zero-order chi connectivity index (χ0) is 19.0. The van der Waals surface area contributed by atoms with Gasteiger partial charge < -0.3 is 4.90 Å². The monoisotopic (exact) mass is 364 g/mol. The standard InChI is InChI=1S/C20H24N6O/c1-14-10-15(2)26-20(23-14)18(12-22-26)13-24-6-8-25(9-7-24)19-5-4-17(11-21-19)16(3)27/h4-5,10-12H,6-9,13H2,1-3H3. The molecule has 0 aliphatic carbocycles. The third-order valence-electron chi connectivity index (χ3n) is 5.10. The van der Waals surface area contributed by atoms with Crippen molar-refractivity contribution in [2.45, 2.75) is 27.3 Å². The highest BCUT2D eigenvalue weighted by molar-refractivity contribution is 5.93. The van der Waals surface area contributed by atoms with Crippen molar-refractivity contribution in [3.05, 3.63) is 53.1 Å². The van der Waals surface area contributed by atoms with Crippen LogP contribution in [0.15, 0.2) is 30.6 Å². The van der Waals surface area contributed by atoms with Crippen molar-refractivity contribution in [1.82, 2.24) is 24.5 Å². The molecule has 3 aromatic heterocycles. The molecule has 3 aromatic rings. The van der Waals surface area contributed by atoms with Crippen LogP contribution in [0.3, 0.4) is 0 Å². The molecule has 7 nitrogen and oxygen atoms in total. The van der Waals surface area contributed by atoms with E-state index in [0.29, 0.717) is 5.56 Å². The van der Waals surface area contributed by atoms with Crippen LogP contribution in [0, 0.1) is 13.8 Å². The van der Waals surface area contributed by atoms with E-state index in [2.05, 4.69) is 31.8 Å². The molecule has 0 N–H and O–H groups in total. The number of piperazine rings is 1. The fourth-order valence-electron chi connectivity index (χ4n) is 3.58. The minimum Gasteiger partial charge on any atom is -0.354 e. The van der Waals surface area contributed by atoms with Gasteiger partial charge in [-0.2, -0.15) is 5.10 Å². The third-order valence-corrected chi connectivity index (χ3v) is 5.10. The van der Waals surface area contributed by atoms with Gasteiger partial charge in [0, 0.05) is 61.4 Å². The number of pyridine rings is 1. The molecule has 1 aliphatic heterocycles. The van der Waals surface area contributed by atoms with Crippen LogP contribution in [0.4, 0.5) is 5.82 Å². The first-order chi connectivity index (χ1) is 13.0. The zero-order valence-corrected chi connectivity index (χ0v) is 16.0. The van der Waals surface area contributed by atoms with Gasteiger partial charge in [-0.1, -0.05) is 0 Å². The highest BCUT2D eigenvalue weighted by Crippen LogP contribution is 2.18. The molecule has 1 saturated heterocycles. The smallest absolute Gasteiger partial charge is 0.161 e. The Morgan fingerprint density at radius 2 is 1.89 bits per heavy atom. The number of nitrogens with zero attached hydrogens (tertiary/aromatic N) is 6. The van der Waals surface area contributed by atoms with Crippen molar-refractivity contribution in [1.29, 1.82) is 0 Å².